The molecule has 1 aliphatic rings. The number of anilines is 1. The highest BCUT2D eigenvalue weighted by molar-refractivity contribution is 6.08. The zero-order chi connectivity index (χ0) is 20.2. The Balaban J connectivity index is 1.90. The minimum absolute atomic E-state index is 0.393. The van der Waals surface area contributed by atoms with Gasteiger partial charge in [-0.05, 0) is 44.5 Å². The SMILES string of the molecule is CC[C@@]1(C)NC(=O)N(CC(=O)O[C@@H](C)C(=O)Nc2ccc(OC)cc2)C1=O. The molecule has 1 fully saturated rings. The van der Waals surface area contributed by atoms with Crippen LogP contribution in [-0.2, 0) is 19.1 Å². The summed E-state index contributed by atoms with van der Waals surface area (Å²) in [5.74, 6) is -1.25. The highest BCUT2D eigenvalue weighted by Crippen LogP contribution is 2.20. The number of benzene rings is 1. The van der Waals surface area contributed by atoms with Gasteiger partial charge in [0, 0.05) is 5.69 Å². The molecule has 2 rings (SSSR count). The van der Waals surface area contributed by atoms with Gasteiger partial charge in [-0.1, -0.05) is 6.92 Å². The van der Waals surface area contributed by atoms with E-state index in [1.165, 1.54) is 14.0 Å². The highest BCUT2D eigenvalue weighted by atomic mass is 16.5. The van der Waals surface area contributed by atoms with Gasteiger partial charge in [-0.3, -0.25) is 19.3 Å². The van der Waals surface area contributed by atoms with Crippen LogP contribution in [0.25, 0.3) is 0 Å². The van der Waals surface area contributed by atoms with Crippen LogP contribution in [0.5, 0.6) is 5.75 Å². The average Bonchev–Trinajstić information content (AvgIpc) is 2.86. The van der Waals surface area contributed by atoms with Gasteiger partial charge in [0.25, 0.3) is 11.8 Å². The number of nitrogens with one attached hydrogen (secondary N) is 2. The van der Waals surface area contributed by atoms with Crippen LogP contribution in [-0.4, -0.2) is 54.0 Å². The summed E-state index contributed by atoms with van der Waals surface area (Å²) in [5.41, 5.74) is -0.522. The van der Waals surface area contributed by atoms with Crippen molar-refractivity contribution in [3.63, 3.8) is 0 Å². The second kappa shape index (κ2) is 8.07. The molecule has 0 bridgehead atoms. The summed E-state index contributed by atoms with van der Waals surface area (Å²) in [6.07, 6.45) is -0.706. The Labute approximate surface area is 157 Å². The van der Waals surface area contributed by atoms with E-state index in [4.69, 9.17) is 9.47 Å². The van der Waals surface area contributed by atoms with Gasteiger partial charge in [0.2, 0.25) is 0 Å². The lowest BCUT2D eigenvalue weighted by Gasteiger charge is -2.19. The van der Waals surface area contributed by atoms with Gasteiger partial charge in [0.1, 0.15) is 17.8 Å². The van der Waals surface area contributed by atoms with Gasteiger partial charge in [0.05, 0.1) is 7.11 Å². The summed E-state index contributed by atoms with van der Waals surface area (Å²) >= 11 is 0. The second-order valence-corrected chi connectivity index (χ2v) is 6.36. The molecule has 0 saturated carbocycles. The fourth-order valence-electron chi connectivity index (χ4n) is 2.47. The summed E-state index contributed by atoms with van der Waals surface area (Å²) in [6, 6.07) is 5.98. The molecule has 0 unspecified atom stereocenters. The summed E-state index contributed by atoms with van der Waals surface area (Å²) in [6.45, 7) is 4.19. The molecule has 2 atom stereocenters. The van der Waals surface area contributed by atoms with Crippen LogP contribution in [0, 0.1) is 0 Å². The number of carbonyl (C=O) groups is 4. The fourth-order valence-corrected chi connectivity index (χ4v) is 2.47. The molecule has 1 aromatic rings. The number of hydrogen-bond acceptors (Lipinski definition) is 6. The van der Waals surface area contributed by atoms with E-state index in [1.807, 2.05) is 0 Å². The molecule has 0 aromatic heterocycles. The molecule has 0 radical (unpaired) electrons. The number of nitrogens with zero attached hydrogens (tertiary/aromatic N) is 1. The molecule has 0 spiro atoms. The molecule has 9 heteroatoms. The van der Waals surface area contributed by atoms with Gasteiger partial charge in [-0.25, -0.2) is 4.79 Å². The van der Waals surface area contributed by atoms with Crippen LogP contribution in [0.1, 0.15) is 27.2 Å². The van der Waals surface area contributed by atoms with Gasteiger partial charge in [-0.15, -0.1) is 0 Å². The van der Waals surface area contributed by atoms with E-state index in [0.717, 1.165) is 4.90 Å². The quantitative estimate of drug-likeness (QED) is 0.547. The zero-order valence-electron chi connectivity index (χ0n) is 15.7. The Hall–Kier alpha value is -3.10. The molecule has 4 amide bonds. The van der Waals surface area contributed by atoms with Crippen LogP contribution in [0.4, 0.5) is 10.5 Å². The molecule has 27 heavy (non-hydrogen) atoms. The molecule has 146 valence electrons. The maximum Gasteiger partial charge on any atom is 0.327 e. The molecule has 1 aromatic carbocycles. The van der Waals surface area contributed by atoms with E-state index >= 15 is 0 Å². The Kier molecular flexibility index (Phi) is 6.04. The zero-order valence-corrected chi connectivity index (χ0v) is 15.7. The van der Waals surface area contributed by atoms with Gasteiger partial charge >= 0.3 is 12.0 Å². The van der Waals surface area contributed by atoms with Crippen molar-refractivity contribution < 1.29 is 28.7 Å². The van der Waals surface area contributed by atoms with E-state index in [0.29, 0.717) is 17.9 Å². The number of rotatable bonds is 7. The van der Waals surface area contributed by atoms with E-state index in [-0.39, 0.29) is 0 Å². The molecule has 2 N–H and O–H groups in total. The monoisotopic (exact) mass is 377 g/mol. The van der Waals surface area contributed by atoms with E-state index in [2.05, 4.69) is 10.6 Å². The number of hydrogen-bond donors (Lipinski definition) is 2. The minimum Gasteiger partial charge on any atom is -0.497 e. The van der Waals surface area contributed by atoms with Crippen molar-refractivity contribution >= 4 is 29.5 Å². The largest absolute Gasteiger partial charge is 0.497 e. The fraction of sp³-hybridized carbons (Fsp3) is 0.444. The van der Waals surface area contributed by atoms with Gasteiger partial charge in [-0.2, -0.15) is 0 Å². The van der Waals surface area contributed by atoms with Crippen molar-refractivity contribution in [2.24, 2.45) is 0 Å². The third-order valence-electron chi connectivity index (χ3n) is 4.37. The van der Waals surface area contributed by atoms with Gasteiger partial charge in [0.15, 0.2) is 6.10 Å². The highest BCUT2D eigenvalue weighted by Gasteiger charge is 2.47. The summed E-state index contributed by atoms with van der Waals surface area (Å²) in [4.78, 5) is 49.1. The summed E-state index contributed by atoms with van der Waals surface area (Å²) < 4.78 is 10.1. The lowest BCUT2D eigenvalue weighted by atomic mass is 9.99. The van der Waals surface area contributed by atoms with Crippen LogP contribution in [0.2, 0.25) is 0 Å². The van der Waals surface area contributed by atoms with E-state index in [1.54, 1.807) is 38.1 Å². The number of esters is 1. The maximum absolute atomic E-state index is 12.3. The molecule has 1 heterocycles. The predicted molar refractivity (Wildman–Crippen MR) is 96.1 cm³/mol. The summed E-state index contributed by atoms with van der Waals surface area (Å²) in [5, 5.41) is 5.14. The first kappa shape index (κ1) is 20.2. The minimum atomic E-state index is -1.10. The standard InChI is InChI=1S/C18H23N3O6/c1-5-18(3)16(24)21(17(25)20-18)10-14(22)27-11(2)15(23)19-12-6-8-13(26-4)9-7-12/h6-9,11H,5,10H2,1-4H3,(H,19,23)(H,20,25)/t11-,18+/m0/s1. The molecular formula is C18H23N3O6. The number of imide groups is 1. The Morgan fingerprint density at radius 2 is 1.89 bits per heavy atom. The number of urea groups is 1. The number of amides is 4. The third kappa shape index (κ3) is 4.55. The Bertz CT molecular complexity index is 748. The maximum atomic E-state index is 12.3. The van der Waals surface area contributed by atoms with Crippen LogP contribution in [0.15, 0.2) is 24.3 Å². The molecule has 1 saturated heterocycles. The molecule has 1 aliphatic heterocycles. The van der Waals surface area contributed by atoms with Gasteiger partial charge < -0.3 is 20.1 Å². The third-order valence-corrected chi connectivity index (χ3v) is 4.37. The van der Waals surface area contributed by atoms with E-state index in [9.17, 15) is 19.2 Å². The number of ether oxygens (including phenoxy) is 2. The topological polar surface area (TPSA) is 114 Å². The smallest absolute Gasteiger partial charge is 0.327 e. The Morgan fingerprint density at radius 3 is 2.41 bits per heavy atom. The first-order valence-electron chi connectivity index (χ1n) is 8.48. The molecular weight excluding hydrogens is 354 g/mol. The first-order chi connectivity index (χ1) is 12.7. The van der Waals surface area contributed by atoms with Crippen molar-refractivity contribution in [1.82, 2.24) is 10.2 Å². The van der Waals surface area contributed by atoms with Crippen molar-refractivity contribution in [2.45, 2.75) is 38.8 Å². The van der Waals surface area contributed by atoms with Crippen LogP contribution < -0.4 is 15.4 Å². The predicted octanol–water partition coefficient (Wildman–Crippen LogP) is 1.29. The number of methoxy groups -OCH3 is 1. The van der Waals surface area contributed by atoms with Crippen molar-refractivity contribution in [1.29, 1.82) is 0 Å². The molecule has 9 nitrogen and oxygen atoms in total. The normalized spacial score (nSPS) is 20.1. The lowest BCUT2D eigenvalue weighted by Crippen LogP contribution is -2.44. The van der Waals surface area contributed by atoms with Crippen molar-refractivity contribution in [3.05, 3.63) is 24.3 Å². The average molecular weight is 377 g/mol. The van der Waals surface area contributed by atoms with Crippen molar-refractivity contribution in [3.8, 4) is 5.75 Å². The van der Waals surface area contributed by atoms with Crippen LogP contribution in [0.3, 0.4) is 0 Å². The summed E-state index contributed by atoms with van der Waals surface area (Å²) in [7, 11) is 1.53. The van der Waals surface area contributed by atoms with Crippen LogP contribution >= 0.6 is 0 Å². The first-order valence-corrected chi connectivity index (χ1v) is 8.48. The van der Waals surface area contributed by atoms with Crippen molar-refractivity contribution in [2.75, 3.05) is 19.0 Å². The lowest BCUT2D eigenvalue weighted by molar-refractivity contribution is -0.155. The Morgan fingerprint density at radius 1 is 1.26 bits per heavy atom. The second-order valence-electron chi connectivity index (χ2n) is 6.36. The number of carbonyl (C=O) groups excluding carboxylic acids is 4. The molecule has 0 aliphatic carbocycles. The van der Waals surface area contributed by atoms with E-state index < -0.39 is 42.0 Å².